The third-order valence-corrected chi connectivity index (χ3v) is 4.61. The standard InChI is InChI=1S/C21H24N4O5/c1-11(2)14-6-4-5-7-16(14)30-10-13(26)9-22-19(27)15-8-12(3)17-18(23-15)24-21(29)25-20(17)28/h4-8,11,13,26H,9-10H2,1-3H3,(H,22,27)(H2,23,24,25,28,29). The number of ether oxygens (including phenoxy) is 1. The minimum Gasteiger partial charge on any atom is -0.491 e. The van der Waals surface area contributed by atoms with Crippen LogP contribution in [0, 0.1) is 6.92 Å². The number of carbonyl (C=O) groups is 1. The number of aliphatic hydroxyl groups excluding tert-OH is 1. The Kier molecular flexibility index (Phi) is 6.31. The maximum absolute atomic E-state index is 12.4. The fourth-order valence-corrected chi connectivity index (χ4v) is 3.11. The van der Waals surface area contributed by atoms with Gasteiger partial charge in [-0.3, -0.25) is 19.6 Å². The molecule has 1 atom stereocenters. The molecule has 1 amide bonds. The van der Waals surface area contributed by atoms with Gasteiger partial charge in [-0.25, -0.2) is 9.78 Å². The molecule has 0 fully saturated rings. The highest BCUT2D eigenvalue weighted by Gasteiger charge is 2.15. The molecule has 1 aromatic carbocycles. The second-order valence-electron chi connectivity index (χ2n) is 7.32. The number of amides is 1. The van der Waals surface area contributed by atoms with Gasteiger partial charge in [-0.1, -0.05) is 32.0 Å². The monoisotopic (exact) mass is 412 g/mol. The molecule has 1 unspecified atom stereocenters. The minimum atomic E-state index is -0.932. The van der Waals surface area contributed by atoms with Crippen molar-refractivity contribution in [2.45, 2.75) is 32.8 Å². The summed E-state index contributed by atoms with van der Waals surface area (Å²) in [5.74, 6) is 0.431. The highest BCUT2D eigenvalue weighted by atomic mass is 16.5. The number of fused-ring (bicyclic) bond motifs is 1. The van der Waals surface area contributed by atoms with Crippen molar-refractivity contribution in [3.05, 3.63) is 68.0 Å². The number of rotatable bonds is 7. The van der Waals surface area contributed by atoms with E-state index in [1.54, 1.807) is 6.92 Å². The summed E-state index contributed by atoms with van der Waals surface area (Å²) in [5.41, 5.74) is 0.319. The summed E-state index contributed by atoms with van der Waals surface area (Å²) in [6.07, 6.45) is -0.932. The topological polar surface area (TPSA) is 137 Å². The van der Waals surface area contributed by atoms with Crippen LogP contribution in [0.1, 0.15) is 41.4 Å². The van der Waals surface area contributed by atoms with Gasteiger partial charge in [0.25, 0.3) is 11.5 Å². The predicted octanol–water partition coefficient (Wildman–Crippen LogP) is 1.21. The molecular weight excluding hydrogens is 388 g/mol. The molecule has 0 saturated carbocycles. The van der Waals surface area contributed by atoms with E-state index in [0.717, 1.165) is 5.56 Å². The van der Waals surface area contributed by atoms with Crippen molar-refractivity contribution in [1.29, 1.82) is 0 Å². The van der Waals surface area contributed by atoms with Gasteiger partial charge in [0.2, 0.25) is 0 Å². The minimum absolute atomic E-state index is 0.0108. The number of benzene rings is 1. The first kappa shape index (κ1) is 21.3. The van der Waals surface area contributed by atoms with E-state index in [2.05, 4.69) is 34.1 Å². The molecule has 0 aliphatic carbocycles. The number of aromatic amines is 2. The largest absolute Gasteiger partial charge is 0.491 e. The molecule has 0 radical (unpaired) electrons. The zero-order valence-electron chi connectivity index (χ0n) is 17.0. The second kappa shape index (κ2) is 8.91. The summed E-state index contributed by atoms with van der Waals surface area (Å²) in [7, 11) is 0. The summed E-state index contributed by atoms with van der Waals surface area (Å²) in [6.45, 7) is 5.71. The highest BCUT2D eigenvalue weighted by molar-refractivity contribution is 5.95. The number of H-pyrrole nitrogens is 2. The number of hydrogen-bond acceptors (Lipinski definition) is 6. The molecular formula is C21H24N4O5. The van der Waals surface area contributed by atoms with Crippen molar-refractivity contribution < 1.29 is 14.6 Å². The quantitative estimate of drug-likeness (QED) is 0.460. The van der Waals surface area contributed by atoms with E-state index in [1.165, 1.54) is 6.07 Å². The Bertz CT molecular complexity index is 1180. The first-order valence-corrected chi connectivity index (χ1v) is 9.58. The van der Waals surface area contributed by atoms with Crippen LogP contribution in [0.5, 0.6) is 5.75 Å². The maximum atomic E-state index is 12.4. The average Bonchev–Trinajstić information content (AvgIpc) is 2.69. The molecule has 158 valence electrons. The van der Waals surface area contributed by atoms with Gasteiger partial charge in [-0.2, -0.15) is 0 Å². The molecule has 0 spiro atoms. The van der Waals surface area contributed by atoms with Crippen molar-refractivity contribution in [2.24, 2.45) is 0 Å². The Balaban J connectivity index is 1.64. The smallest absolute Gasteiger partial charge is 0.327 e. The van der Waals surface area contributed by atoms with E-state index in [-0.39, 0.29) is 35.8 Å². The van der Waals surface area contributed by atoms with Crippen LogP contribution in [-0.4, -0.2) is 45.2 Å². The highest BCUT2D eigenvalue weighted by Crippen LogP contribution is 2.25. The third kappa shape index (κ3) is 4.74. The number of carbonyl (C=O) groups excluding carboxylic acids is 1. The van der Waals surface area contributed by atoms with Gasteiger partial charge in [0, 0.05) is 6.54 Å². The van der Waals surface area contributed by atoms with E-state index in [9.17, 15) is 19.5 Å². The van der Waals surface area contributed by atoms with Gasteiger partial charge in [0.1, 0.15) is 29.8 Å². The van der Waals surface area contributed by atoms with Crippen LogP contribution in [0.4, 0.5) is 0 Å². The van der Waals surface area contributed by atoms with E-state index in [0.29, 0.717) is 11.3 Å². The summed E-state index contributed by atoms with van der Waals surface area (Å²) in [5, 5.41) is 13.0. The van der Waals surface area contributed by atoms with Crippen LogP contribution in [0.15, 0.2) is 39.9 Å². The van der Waals surface area contributed by atoms with Gasteiger partial charge in [0.15, 0.2) is 0 Å². The molecule has 30 heavy (non-hydrogen) atoms. The first-order valence-electron chi connectivity index (χ1n) is 9.58. The fourth-order valence-electron chi connectivity index (χ4n) is 3.11. The third-order valence-electron chi connectivity index (χ3n) is 4.61. The summed E-state index contributed by atoms with van der Waals surface area (Å²) in [6, 6.07) is 9.05. The number of hydrogen-bond donors (Lipinski definition) is 4. The van der Waals surface area contributed by atoms with Gasteiger partial charge < -0.3 is 15.2 Å². The lowest BCUT2D eigenvalue weighted by molar-refractivity contribution is 0.0838. The Labute approximate surface area is 172 Å². The lowest BCUT2D eigenvalue weighted by atomic mass is 10.0. The Morgan fingerprint density at radius 1 is 1.23 bits per heavy atom. The number of aliphatic hydroxyl groups is 1. The molecule has 0 bridgehead atoms. The van der Waals surface area contributed by atoms with Crippen molar-refractivity contribution >= 4 is 16.9 Å². The van der Waals surface area contributed by atoms with E-state index >= 15 is 0 Å². The van der Waals surface area contributed by atoms with Crippen LogP contribution < -0.4 is 21.3 Å². The molecule has 3 rings (SSSR count). The number of nitrogens with one attached hydrogen (secondary N) is 3. The van der Waals surface area contributed by atoms with Crippen LogP contribution >= 0.6 is 0 Å². The molecule has 4 N–H and O–H groups in total. The van der Waals surface area contributed by atoms with Gasteiger partial charge in [-0.05, 0) is 36.1 Å². The van der Waals surface area contributed by atoms with Gasteiger partial charge in [-0.15, -0.1) is 0 Å². The Morgan fingerprint density at radius 3 is 2.70 bits per heavy atom. The molecule has 0 aliphatic heterocycles. The summed E-state index contributed by atoms with van der Waals surface area (Å²) < 4.78 is 5.71. The molecule has 9 nitrogen and oxygen atoms in total. The zero-order valence-corrected chi connectivity index (χ0v) is 17.0. The number of aromatic nitrogens is 3. The molecule has 0 aliphatic rings. The number of pyridine rings is 1. The van der Waals surface area contributed by atoms with Crippen molar-refractivity contribution in [3.8, 4) is 5.75 Å². The Morgan fingerprint density at radius 2 is 1.97 bits per heavy atom. The first-order chi connectivity index (χ1) is 14.3. The number of nitrogens with zero attached hydrogens (tertiary/aromatic N) is 1. The second-order valence-corrected chi connectivity index (χ2v) is 7.32. The predicted molar refractivity (Wildman–Crippen MR) is 112 cm³/mol. The van der Waals surface area contributed by atoms with Crippen molar-refractivity contribution in [2.75, 3.05) is 13.2 Å². The van der Waals surface area contributed by atoms with E-state index < -0.39 is 23.3 Å². The van der Waals surface area contributed by atoms with Crippen molar-refractivity contribution in [1.82, 2.24) is 20.3 Å². The normalized spacial score (nSPS) is 12.2. The van der Waals surface area contributed by atoms with Crippen LogP contribution in [0.25, 0.3) is 11.0 Å². The Hall–Kier alpha value is -3.46. The van der Waals surface area contributed by atoms with Gasteiger partial charge >= 0.3 is 5.69 Å². The number of aryl methyl sites for hydroxylation is 1. The van der Waals surface area contributed by atoms with E-state index in [1.807, 2.05) is 24.3 Å². The zero-order chi connectivity index (χ0) is 21.8. The lowest BCUT2D eigenvalue weighted by Gasteiger charge is -2.17. The number of para-hydroxylation sites is 1. The average molecular weight is 412 g/mol. The molecule has 2 aromatic heterocycles. The fraction of sp³-hybridized carbons (Fsp3) is 0.333. The summed E-state index contributed by atoms with van der Waals surface area (Å²) in [4.78, 5) is 44.4. The molecule has 2 heterocycles. The SMILES string of the molecule is Cc1cc(C(=O)NCC(O)COc2ccccc2C(C)C)nc2[nH]c(=O)[nH]c(=O)c12. The summed E-state index contributed by atoms with van der Waals surface area (Å²) >= 11 is 0. The van der Waals surface area contributed by atoms with Crippen LogP contribution in [-0.2, 0) is 0 Å². The molecule has 0 saturated heterocycles. The molecule has 3 aromatic rings. The van der Waals surface area contributed by atoms with Gasteiger partial charge in [0.05, 0.1) is 5.39 Å². The molecule has 9 heteroatoms. The van der Waals surface area contributed by atoms with Crippen LogP contribution in [0.2, 0.25) is 0 Å². The maximum Gasteiger partial charge on any atom is 0.327 e. The van der Waals surface area contributed by atoms with Crippen molar-refractivity contribution in [3.63, 3.8) is 0 Å². The lowest BCUT2D eigenvalue weighted by Crippen LogP contribution is -2.36. The van der Waals surface area contributed by atoms with E-state index in [4.69, 9.17) is 4.74 Å². The van der Waals surface area contributed by atoms with Crippen LogP contribution in [0.3, 0.4) is 0 Å².